The van der Waals surface area contributed by atoms with Crippen molar-refractivity contribution >= 4 is 30.9 Å². The lowest BCUT2D eigenvalue weighted by Gasteiger charge is -2.06. The predicted octanol–water partition coefficient (Wildman–Crippen LogP) is 1.60. The van der Waals surface area contributed by atoms with Crippen molar-refractivity contribution in [2.24, 2.45) is 5.73 Å². The first-order chi connectivity index (χ1) is 11.1. The third kappa shape index (κ3) is 5.27. The molecule has 2 aromatic carbocycles. The molecule has 2 rings (SSSR count). The molecule has 0 fully saturated rings. The Morgan fingerprint density at radius 1 is 0.957 bits per heavy atom. The first kappa shape index (κ1) is 17.3. The highest BCUT2D eigenvalue weighted by atomic mass is 31.1. The molecule has 0 aliphatic rings. The molecule has 0 spiro atoms. The van der Waals surface area contributed by atoms with Crippen LogP contribution in [0.2, 0.25) is 0 Å². The fourth-order valence-electron chi connectivity index (χ4n) is 2.07. The summed E-state index contributed by atoms with van der Waals surface area (Å²) < 4.78 is 0. The lowest BCUT2D eigenvalue weighted by molar-refractivity contribution is 0.0952. The van der Waals surface area contributed by atoms with Gasteiger partial charge in [-0.2, -0.15) is 0 Å². The molecule has 4 nitrogen and oxygen atoms in total. The Morgan fingerprint density at radius 3 is 1.96 bits per heavy atom. The monoisotopic (exact) mass is 328 g/mol. The SMILES string of the molecule is CC(=O)c1ccc(Pc2ccc(C(=O)NCCCN)cc2)cc1. The molecule has 0 aromatic heterocycles. The Labute approximate surface area is 138 Å². The maximum absolute atomic E-state index is 11.9. The van der Waals surface area contributed by atoms with Gasteiger partial charge in [0.2, 0.25) is 0 Å². The summed E-state index contributed by atoms with van der Waals surface area (Å²) in [5.41, 5.74) is 6.78. The zero-order valence-electron chi connectivity index (χ0n) is 13.1. The van der Waals surface area contributed by atoms with Crippen molar-refractivity contribution in [3.63, 3.8) is 0 Å². The average molecular weight is 328 g/mol. The minimum Gasteiger partial charge on any atom is -0.352 e. The Bertz CT molecular complexity index is 666. The summed E-state index contributed by atoms with van der Waals surface area (Å²) in [6, 6.07) is 15.3. The smallest absolute Gasteiger partial charge is 0.251 e. The first-order valence-corrected chi connectivity index (χ1v) is 8.56. The van der Waals surface area contributed by atoms with Crippen molar-refractivity contribution in [1.82, 2.24) is 5.32 Å². The minimum absolute atomic E-state index is 0.0702. The molecule has 2 aromatic rings. The number of amides is 1. The Balaban J connectivity index is 1.96. The first-order valence-electron chi connectivity index (χ1n) is 7.56. The molecule has 23 heavy (non-hydrogen) atoms. The number of hydrogen-bond acceptors (Lipinski definition) is 3. The molecule has 1 unspecified atom stereocenters. The number of carbonyl (C=O) groups excluding carboxylic acids is 2. The van der Waals surface area contributed by atoms with Crippen LogP contribution in [-0.2, 0) is 0 Å². The quantitative estimate of drug-likeness (QED) is 0.461. The molecule has 3 N–H and O–H groups in total. The number of Topliss-reactive ketones (excluding diaryl/α,β-unsaturated/α-hetero) is 1. The second kappa shape index (κ2) is 8.56. The molecular formula is C18H21N2O2P. The molecule has 1 amide bonds. The van der Waals surface area contributed by atoms with Crippen LogP contribution in [-0.4, -0.2) is 24.8 Å². The van der Waals surface area contributed by atoms with Gasteiger partial charge in [-0.05, 0) is 42.6 Å². The van der Waals surface area contributed by atoms with E-state index < -0.39 is 0 Å². The van der Waals surface area contributed by atoms with E-state index in [0.29, 0.717) is 27.2 Å². The molecule has 1 atom stereocenters. The third-order valence-corrected chi connectivity index (χ3v) is 4.64. The Kier molecular flexibility index (Phi) is 6.45. The molecule has 5 heteroatoms. The zero-order chi connectivity index (χ0) is 16.7. The molecule has 0 saturated heterocycles. The van der Waals surface area contributed by atoms with E-state index >= 15 is 0 Å². The molecule has 0 radical (unpaired) electrons. The lowest BCUT2D eigenvalue weighted by atomic mass is 10.2. The van der Waals surface area contributed by atoms with Gasteiger partial charge in [0, 0.05) is 17.7 Å². The largest absolute Gasteiger partial charge is 0.352 e. The third-order valence-electron chi connectivity index (χ3n) is 3.39. The van der Waals surface area contributed by atoms with Gasteiger partial charge < -0.3 is 11.1 Å². The molecule has 0 aliphatic carbocycles. The van der Waals surface area contributed by atoms with Gasteiger partial charge in [-0.15, -0.1) is 0 Å². The topological polar surface area (TPSA) is 72.2 Å². The van der Waals surface area contributed by atoms with E-state index in [-0.39, 0.29) is 11.7 Å². The molecule has 0 bridgehead atoms. The highest BCUT2D eigenvalue weighted by molar-refractivity contribution is 7.55. The van der Waals surface area contributed by atoms with Gasteiger partial charge >= 0.3 is 0 Å². The van der Waals surface area contributed by atoms with Gasteiger partial charge in [0.1, 0.15) is 0 Å². The van der Waals surface area contributed by atoms with Crippen molar-refractivity contribution in [2.75, 3.05) is 13.1 Å². The maximum Gasteiger partial charge on any atom is 0.251 e. The van der Waals surface area contributed by atoms with Crippen molar-refractivity contribution in [1.29, 1.82) is 0 Å². The lowest BCUT2D eigenvalue weighted by Crippen LogP contribution is -2.26. The number of rotatable bonds is 7. The summed E-state index contributed by atoms with van der Waals surface area (Å²) in [7, 11) is 0.498. The van der Waals surface area contributed by atoms with Gasteiger partial charge in [-0.3, -0.25) is 9.59 Å². The van der Waals surface area contributed by atoms with Gasteiger partial charge in [0.05, 0.1) is 0 Å². The normalized spacial score (nSPS) is 10.9. The molecule has 0 aliphatic heterocycles. The predicted molar refractivity (Wildman–Crippen MR) is 96.5 cm³/mol. The summed E-state index contributed by atoms with van der Waals surface area (Å²) in [5, 5.41) is 5.15. The molecular weight excluding hydrogens is 307 g/mol. The highest BCUT2D eigenvalue weighted by Crippen LogP contribution is 2.12. The van der Waals surface area contributed by atoms with Gasteiger partial charge in [-0.25, -0.2) is 0 Å². The molecule has 120 valence electrons. The highest BCUT2D eigenvalue weighted by Gasteiger charge is 2.05. The van der Waals surface area contributed by atoms with Crippen LogP contribution in [0, 0.1) is 0 Å². The van der Waals surface area contributed by atoms with Crippen molar-refractivity contribution in [3.05, 3.63) is 59.7 Å². The van der Waals surface area contributed by atoms with Gasteiger partial charge in [0.15, 0.2) is 5.78 Å². The van der Waals surface area contributed by atoms with Crippen LogP contribution in [0.15, 0.2) is 48.5 Å². The van der Waals surface area contributed by atoms with E-state index in [1.807, 2.05) is 48.5 Å². The molecule has 0 saturated carbocycles. The van der Waals surface area contributed by atoms with E-state index in [1.165, 1.54) is 0 Å². The van der Waals surface area contributed by atoms with E-state index in [2.05, 4.69) is 5.32 Å². The van der Waals surface area contributed by atoms with E-state index in [4.69, 9.17) is 5.73 Å². The van der Waals surface area contributed by atoms with Crippen LogP contribution >= 0.6 is 8.58 Å². The summed E-state index contributed by atoms with van der Waals surface area (Å²) in [6.45, 7) is 2.73. The van der Waals surface area contributed by atoms with Crippen molar-refractivity contribution in [3.8, 4) is 0 Å². The minimum atomic E-state index is -0.0702. The second-order valence-corrected chi connectivity index (χ2v) is 6.64. The van der Waals surface area contributed by atoms with Gasteiger partial charge in [0.25, 0.3) is 5.91 Å². The van der Waals surface area contributed by atoms with E-state index in [9.17, 15) is 9.59 Å². The van der Waals surface area contributed by atoms with Crippen LogP contribution in [0.4, 0.5) is 0 Å². The second-order valence-electron chi connectivity index (χ2n) is 5.23. The molecule has 0 heterocycles. The Hall–Kier alpha value is -2.03. The zero-order valence-corrected chi connectivity index (χ0v) is 14.1. The van der Waals surface area contributed by atoms with Crippen LogP contribution < -0.4 is 21.7 Å². The number of ketones is 1. The standard InChI is InChI=1S/C18H21N2O2P/c1-13(21)14-3-7-16(8-4-14)23-17-9-5-15(6-10-17)18(22)20-12-2-11-19/h3-10,23H,2,11-12,19H2,1H3,(H,20,22). The summed E-state index contributed by atoms with van der Waals surface area (Å²) in [5.74, 6) is 0.00373. The van der Waals surface area contributed by atoms with Crippen LogP contribution in [0.5, 0.6) is 0 Å². The van der Waals surface area contributed by atoms with Crippen molar-refractivity contribution < 1.29 is 9.59 Å². The number of nitrogens with two attached hydrogens (primary N) is 1. The average Bonchev–Trinajstić information content (AvgIpc) is 2.56. The van der Waals surface area contributed by atoms with Crippen LogP contribution in [0.1, 0.15) is 34.1 Å². The number of benzene rings is 2. The fourth-order valence-corrected chi connectivity index (χ4v) is 3.07. The maximum atomic E-state index is 11.9. The van der Waals surface area contributed by atoms with E-state index in [0.717, 1.165) is 22.6 Å². The van der Waals surface area contributed by atoms with Crippen LogP contribution in [0.3, 0.4) is 0 Å². The summed E-state index contributed by atoms with van der Waals surface area (Å²) in [4.78, 5) is 23.2. The van der Waals surface area contributed by atoms with E-state index in [1.54, 1.807) is 6.92 Å². The summed E-state index contributed by atoms with van der Waals surface area (Å²) in [6.07, 6.45) is 0.779. The van der Waals surface area contributed by atoms with Gasteiger partial charge in [-0.1, -0.05) is 45.0 Å². The number of nitrogens with one attached hydrogen (secondary N) is 1. The summed E-state index contributed by atoms with van der Waals surface area (Å²) >= 11 is 0. The van der Waals surface area contributed by atoms with Crippen molar-refractivity contribution in [2.45, 2.75) is 13.3 Å². The fraction of sp³-hybridized carbons (Fsp3) is 0.222. The number of carbonyl (C=O) groups is 2. The Morgan fingerprint density at radius 2 is 1.48 bits per heavy atom. The number of hydrogen-bond donors (Lipinski definition) is 2. The van der Waals surface area contributed by atoms with Crippen LogP contribution in [0.25, 0.3) is 0 Å².